The van der Waals surface area contributed by atoms with E-state index in [2.05, 4.69) is 9.97 Å². The number of halogens is 1. The van der Waals surface area contributed by atoms with E-state index in [0.717, 1.165) is 0 Å². The van der Waals surface area contributed by atoms with Gasteiger partial charge in [0.15, 0.2) is 10.8 Å². The fraction of sp³-hybridized carbons (Fsp3) is 0. The zero-order chi connectivity index (χ0) is 14.3. The Labute approximate surface area is 120 Å². The lowest BCUT2D eigenvalue weighted by molar-refractivity contribution is 0.0695. The molecule has 20 heavy (non-hydrogen) atoms. The van der Waals surface area contributed by atoms with E-state index in [4.69, 9.17) is 11.6 Å². The van der Waals surface area contributed by atoms with Gasteiger partial charge in [0.1, 0.15) is 10.7 Å². The van der Waals surface area contributed by atoms with E-state index in [1.165, 1.54) is 28.2 Å². The molecule has 0 aliphatic heterocycles. The first-order chi connectivity index (χ1) is 9.61. The van der Waals surface area contributed by atoms with Crippen LogP contribution in [0.1, 0.15) is 10.4 Å². The van der Waals surface area contributed by atoms with Gasteiger partial charge in [-0.3, -0.25) is 9.36 Å². The largest absolute Gasteiger partial charge is 0.477 e. The third kappa shape index (κ3) is 1.79. The van der Waals surface area contributed by atoms with Crippen LogP contribution in [0.3, 0.4) is 0 Å². The molecule has 0 saturated heterocycles. The van der Waals surface area contributed by atoms with Crippen molar-refractivity contribution in [1.82, 2.24) is 14.5 Å². The highest BCUT2D eigenvalue weighted by atomic mass is 35.5. The molecule has 3 heterocycles. The van der Waals surface area contributed by atoms with E-state index in [0.29, 0.717) is 5.13 Å². The van der Waals surface area contributed by atoms with Gasteiger partial charge in [0.25, 0.3) is 0 Å². The number of carboxylic acids is 1. The minimum absolute atomic E-state index is 0.185. The predicted octanol–water partition coefficient (Wildman–Crippen LogP) is 2.19. The SMILES string of the molecule is O=C(O)c1c(Cl)n(-c2nccs2)c2ncccc2c1=O. The standard InChI is InChI=1S/C12H6ClN3O3S/c13-9-7(11(18)19)8(17)6-2-1-3-14-10(6)16(9)12-15-4-5-20-12/h1-5H,(H,18,19). The highest BCUT2D eigenvalue weighted by Gasteiger charge is 2.22. The Morgan fingerprint density at radius 1 is 1.35 bits per heavy atom. The molecule has 0 aliphatic carbocycles. The Morgan fingerprint density at radius 2 is 2.15 bits per heavy atom. The smallest absolute Gasteiger partial charge is 0.342 e. The van der Waals surface area contributed by atoms with Crippen molar-refractivity contribution in [3.05, 3.63) is 50.8 Å². The average molecular weight is 308 g/mol. The molecule has 0 aliphatic rings. The Kier molecular flexibility index (Phi) is 3.00. The molecule has 8 heteroatoms. The molecule has 3 aromatic heterocycles. The second kappa shape index (κ2) is 4.69. The van der Waals surface area contributed by atoms with Crippen LogP contribution < -0.4 is 5.43 Å². The number of thiazole rings is 1. The monoisotopic (exact) mass is 307 g/mol. The molecule has 0 saturated carbocycles. The van der Waals surface area contributed by atoms with E-state index < -0.39 is 17.0 Å². The van der Waals surface area contributed by atoms with Crippen molar-refractivity contribution in [2.75, 3.05) is 0 Å². The Balaban J connectivity index is 2.56. The third-order valence-electron chi connectivity index (χ3n) is 2.70. The molecule has 100 valence electrons. The highest BCUT2D eigenvalue weighted by Crippen LogP contribution is 2.25. The molecular formula is C12H6ClN3O3S. The minimum atomic E-state index is -1.38. The predicted molar refractivity (Wildman–Crippen MR) is 75.0 cm³/mol. The molecule has 0 fully saturated rings. The van der Waals surface area contributed by atoms with Crippen LogP contribution in [0.4, 0.5) is 0 Å². The van der Waals surface area contributed by atoms with E-state index in [1.807, 2.05) is 0 Å². The lowest BCUT2D eigenvalue weighted by Crippen LogP contribution is -2.20. The molecule has 3 rings (SSSR count). The lowest BCUT2D eigenvalue weighted by Gasteiger charge is -2.11. The van der Waals surface area contributed by atoms with Gasteiger partial charge in [0, 0.05) is 17.8 Å². The van der Waals surface area contributed by atoms with Crippen LogP contribution in [0, 0.1) is 0 Å². The number of pyridine rings is 2. The molecule has 1 N–H and O–H groups in total. The summed E-state index contributed by atoms with van der Waals surface area (Å²) in [5, 5.41) is 11.3. The molecule has 0 aromatic carbocycles. The number of fused-ring (bicyclic) bond motifs is 1. The van der Waals surface area contributed by atoms with E-state index >= 15 is 0 Å². The normalized spacial score (nSPS) is 10.8. The van der Waals surface area contributed by atoms with Gasteiger partial charge in [0.2, 0.25) is 5.43 Å². The van der Waals surface area contributed by atoms with Crippen LogP contribution >= 0.6 is 22.9 Å². The van der Waals surface area contributed by atoms with Gasteiger partial charge in [-0.1, -0.05) is 11.6 Å². The number of nitrogens with zero attached hydrogens (tertiary/aromatic N) is 3. The Bertz CT molecular complexity index is 874. The van der Waals surface area contributed by atoms with Crippen molar-refractivity contribution in [2.24, 2.45) is 0 Å². The van der Waals surface area contributed by atoms with Gasteiger partial charge in [0.05, 0.1) is 5.39 Å². The minimum Gasteiger partial charge on any atom is -0.477 e. The van der Waals surface area contributed by atoms with Crippen LogP contribution in [0.2, 0.25) is 5.15 Å². The van der Waals surface area contributed by atoms with Crippen molar-refractivity contribution < 1.29 is 9.90 Å². The Hall–Kier alpha value is -2.25. The maximum absolute atomic E-state index is 12.2. The van der Waals surface area contributed by atoms with Gasteiger partial charge in [-0.25, -0.2) is 14.8 Å². The third-order valence-corrected chi connectivity index (χ3v) is 3.81. The summed E-state index contributed by atoms with van der Waals surface area (Å²) in [6.45, 7) is 0. The molecular weight excluding hydrogens is 302 g/mol. The molecule has 0 bridgehead atoms. The number of carboxylic acid groups (broad SMARTS) is 1. The van der Waals surface area contributed by atoms with Gasteiger partial charge < -0.3 is 5.11 Å². The summed E-state index contributed by atoms with van der Waals surface area (Å²) in [4.78, 5) is 31.7. The van der Waals surface area contributed by atoms with Gasteiger partial charge in [-0.15, -0.1) is 11.3 Å². The molecule has 0 unspecified atom stereocenters. The van der Waals surface area contributed by atoms with Crippen molar-refractivity contribution in [3.8, 4) is 5.13 Å². The molecule has 0 atom stereocenters. The fourth-order valence-electron chi connectivity index (χ4n) is 1.87. The first-order valence-electron chi connectivity index (χ1n) is 5.43. The van der Waals surface area contributed by atoms with Crippen molar-refractivity contribution in [2.45, 2.75) is 0 Å². The quantitative estimate of drug-likeness (QED) is 0.734. The van der Waals surface area contributed by atoms with Crippen LogP contribution in [-0.4, -0.2) is 25.6 Å². The summed E-state index contributed by atoms with van der Waals surface area (Å²) in [5.41, 5.74) is -0.858. The topological polar surface area (TPSA) is 85.1 Å². The second-order valence-electron chi connectivity index (χ2n) is 3.82. The zero-order valence-electron chi connectivity index (χ0n) is 9.78. The van der Waals surface area contributed by atoms with E-state index in [9.17, 15) is 14.7 Å². The number of aromatic carboxylic acids is 1. The molecule has 6 nitrogen and oxygen atoms in total. The van der Waals surface area contributed by atoms with Crippen LogP contribution in [0.15, 0.2) is 34.7 Å². The average Bonchev–Trinajstić information content (AvgIpc) is 2.92. The summed E-state index contributed by atoms with van der Waals surface area (Å²) >= 11 is 7.35. The second-order valence-corrected chi connectivity index (χ2v) is 5.06. The number of carbonyl (C=O) groups is 1. The number of aromatic nitrogens is 3. The first kappa shape index (κ1) is 12.8. The highest BCUT2D eigenvalue weighted by molar-refractivity contribution is 7.12. The van der Waals surface area contributed by atoms with Crippen LogP contribution in [0.5, 0.6) is 0 Å². The zero-order valence-corrected chi connectivity index (χ0v) is 11.4. The lowest BCUT2D eigenvalue weighted by atomic mass is 10.2. The van der Waals surface area contributed by atoms with Crippen molar-refractivity contribution >= 4 is 39.9 Å². The summed E-state index contributed by atoms with van der Waals surface area (Å²) in [6.07, 6.45) is 3.06. The van der Waals surface area contributed by atoms with Gasteiger partial charge in [-0.2, -0.15) is 0 Å². The van der Waals surface area contributed by atoms with Crippen molar-refractivity contribution in [3.63, 3.8) is 0 Å². The molecule has 0 amide bonds. The van der Waals surface area contributed by atoms with Crippen LogP contribution in [0.25, 0.3) is 16.2 Å². The van der Waals surface area contributed by atoms with E-state index in [-0.39, 0.29) is 16.2 Å². The maximum Gasteiger partial charge on any atom is 0.342 e. The molecule has 0 radical (unpaired) electrons. The summed E-state index contributed by atoms with van der Waals surface area (Å²) in [6, 6.07) is 3.08. The van der Waals surface area contributed by atoms with Gasteiger partial charge in [-0.05, 0) is 12.1 Å². The molecule has 3 aromatic rings. The number of rotatable bonds is 2. The summed E-state index contributed by atoms with van der Waals surface area (Å²) < 4.78 is 1.37. The summed E-state index contributed by atoms with van der Waals surface area (Å²) in [5.74, 6) is -1.38. The number of hydrogen-bond acceptors (Lipinski definition) is 5. The van der Waals surface area contributed by atoms with E-state index in [1.54, 1.807) is 17.6 Å². The molecule has 0 spiro atoms. The Morgan fingerprint density at radius 3 is 2.80 bits per heavy atom. The van der Waals surface area contributed by atoms with Crippen molar-refractivity contribution in [1.29, 1.82) is 0 Å². The van der Waals surface area contributed by atoms with Crippen LogP contribution in [-0.2, 0) is 0 Å². The van der Waals surface area contributed by atoms with Gasteiger partial charge >= 0.3 is 5.97 Å². The maximum atomic E-state index is 12.2. The fourth-order valence-corrected chi connectivity index (χ4v) is 2.90. The first-order valence-corrected chi connectivity index (χ1v) is 6.69. The summed E-state index contributed by atoms with van der Waals surface area (Å²) in [7, 11) is 0. The number of hydrogen-bond donors (Lipinski definition) is 1.